The van der Waals surface area contributed by atoms with E-state index in [1.54, 1.807) is 0 Å². The Morgan fingerprint density at radius 3 is 2.37 bits per heavy atom. The van der Waals surface area contributed by atoms with E-state index in [9.17, 15) is 0 Å². The van der Waals surface area contributed by atoms with Crippen LogP contribution in [0.25, 0.3) is 0 Å². The maximum atomic E-state index is 3.73. The van der Waals surface area contributed by atoms with Gasteiger partial charge in [-0.1, -0.05) is 0 Å². The molecule has 3 heteroatoms. The molecule has 0 bridgehead atoms. The zero-order valence-electron chi connectivity index (χ0n) is 13.8. The maximum absolute atomic E-state index is 3.73. The average molecular weight is 269 g/mol. The largest absolute Gasteiger partial charge is 0.314 e. The van der Waals surface area contributed by atoms with E-state index in [0.717, 1.165) is 5.92 Å². The zero-order valence-corrected chi connectivity index (χ0v) is 13.8. The summed E-state index contributed by atoms with van der Waals surface area (Å²) in [5.74, 6) is 0.884. The monoisotopic (exact) mass is 269 g/mol. The third kappa shape index (κ3) is 6.73. The molecule has 114 valence electrons. The Morgan fingerprint density at radius 2 is 1.79 bits per heavy atom. The van der Waals surface area contributed by atoms with Crippen LogP contribution in [-0.4, -0.2) is 62.2 Å². The van der Waals surface area contributed by atoms with Gasteiger partial charge in [0.25, 0.3) is 0 Å². The fourth-order valence-corrected chi connectivity index (χ4v) is 2.77. The highest BCUT2D eigenvalue weighted by Gasteiger charge is 2.21. The van der Waals surface area contributed by atoms with E-state index in [1.165, 1.54) is 51.9 Å². The van der Waals surface area contributed by atoms with E-state index < -0.39 is 0 Å². The van der Waals surface area contributed by atoms with Gasteiger partial charge in [-0.2, -0.15) is 0 Å². The van der Waals surface area contributed by atoms with Gasteiger partial charge in [0.15, 0.2) is 0 Å². The van der Waals surface area contributed by atoms with Gasteiger partial charge in [-0.05, 0) is 92.6 Å². The third-order valence-electron chi connectivity index (χ3n) is 4.76. The number of piperidine rings is 1. The van der Waals surface area contributed by atoms with Gasteiger partial charge in [-0.15, -0.1) is 0 Å². The minimum absolute atomic E-state index is 0.672. The summed E-state index contributed by atoms with van der Waals surface area (Å²) < 4.78 is 0. The molecule has 1 saturated heterocycles. The smallest absolute Gasteiger partial charge is 0.00679 e. The lowest BCUT2D eigenvalue weighted by Gasteiger charge is -2.33. The molecule has 0 aromatic heterocycles. The number of unbranched alkanes of at least 4 members (excludes halogenated alkanes) is 1. The number of nitrogens with zero attached hydrogens (tertiary/aromatic N) is 2. The summed E-state index contributed by atoms with van der Waals surface area (Å²) >= 11 is 0. The van der Waals surface area contributed by atoms with Crippen LogP contribution < -0.4 is 5.32 Å². The van der Waals surface area contributed by atoms with E-state index >= 15 is 0 Å². The molecule has 1 aliphatic rings. The highest BCUT2D eigenvalue weighted by Crippen LogP contribution is 2.19. The van der Waals surface area contributed by atoms with Crippen LogP contribution in [-0.2, 0) is 0 Å². The number of nitrogens with one attached hydrogen (secondary N) is 1. The Labute approximate surface area is 120 Å². The van der Waals surface area contributed by atoms with Crippen molar-refractivity contribution in [2.45, 2.75) is 58.5 Å². The second kappa shape index (κ2) is 8.93. The molecule has 0 spiro atoms. The van der Waals surface area contributed by atoms with Crippen molar-refractivity contribution in [3.05, 3.63) is 0 Å². The van der Waals surface area contributed by atoms with Crippen molar-refractivity contribution in [2.75, 3.05) is 40.3 Å². The van der Waals surface area contributed by atoms with E-state index in [2.05, 4.69) is 50.0 Å². The Balaban J connectivity index is 2.02. The lowest BCUT2D eigenvalue weighted by molar-refractivity contribution is 0.189. The standard InChI is InChI=1S/C16H35N3/c1-14(2)19(5)11-7-6-10-17-15(3)16-8-12-18(4)13-9-16/h14-17H,6-13H2,1-5H3. The van der Waals surface area contributed by atoms with Crippen LogP contribution in [0, 0.1) is 5.92 Å². The van der Waals surface area contributed by atoms with Crippen molar-refractivity contribution >= 4 is 0 Å². The molecule has 1 heterocycles. The fraction of sp³-hybridized carbons (Fsp3) is 1.00. The van der Waals surface area contributed by atoms with Gasteiger partial charge in [-0.3, -0.25) is 0 Å². The molecule has 1 unspecified atom stereocenters. The van der Waals surface area contributed by atoms with Crippen molar-refractivity contribution in [3.63, 3.8) is 0 Å². The SMILES string of the molecule is CC(NCCCCN(C)C(C)C)C1CCN(C)CC1. The molecule has 19 heavy (non-hydrogen) atoms. The minimum Gasteiger partial charge on any atom is -0.314 e. The van der Waals surface area contributed by atoms with E-state index in [4.69, 9.17) is 0 Å². The van der Waals surface area contributed by atoms with Gasteiger partial charge >= 0.3 is 0 Å². The molecular weight excluding hydrogens is 234 g/mol. The summed E-state index contributed by atoms with van der Waals surface area (Å²) in [6, 6.07) is 1.36. The van der Waals surface area contributed by atoms with Gasteiger partial charge in [-0.25, -0.2) is 0 Å². The van der Waals surface area contributed by atoms with Gasteiger partial charge < -0.3 is 15.1 Å². The average Bonchev–Trinajstić information content (AvgIpc) is 2.38. The summed E-state index contributed by atoms with van der Waals surface area (Å²) in [5, 5.41) is 3.73. The van der Waals surface area contributed by atoms with Crippen molar-refractivity contribution in [3.8, 4) is 0 Å². The zero-order chi connectivity index (χ0) is 14.3. The first-order valence-electron chi connectivity index (χ1n) is 8.13. The van der Waals surface area contributed by atoms with Gasteiger partial charge in [0, 0.05) is 12.1 Å². The molecule has 1 rings (SSSR count). The van der Waals surface area contributed by atoms with Gasteiger partial charge in [0.2, 0.25) is 0 Å². The first-order valence-corrected chi connectivity index (χ1v) is 8.13. The Morgan fingerprint density at radius 1 is 1.16 bits per heavy atom. The molecule has 0 aromatic carbocycles. The third-order valence-corrected chi connectivity index (χ3v) is 4.76. The normalized spacial score (nSPS) is 20.4. The van der Waals surface area contributed by atoms with E-state index in [0.29, 0.717) is 12.1 Å². The summed E-state index contributed by atoms with van der Waals surface area (Å²) in [6.45, 7) is 11.9. The van der Waals surface area contributed by atoms with Crippen LogP contribution in [0.5, 0.6) is 0 Å². The Kier molecular flexibility index (Phi) is 7.96. The topological polar surface area (TPSA) is 18.5 Å². The molecule has 0 amide bonds. The Bertz CT molecular complexity index is 222. The first kappa shape index (κ1) is 16.9. The fourth-order valence-electron chi connectivity index (χ4n) is 2.77. The lowest BCUT2D eigenvalue weighted by Crippen LogP contribution is -2.41. The molecule has 0 aromatic rings. The Hall–Kier alpha value is -0.120. The number of hydrogen-bond donors (Lipinski definition) is 1. The minimum atomic E-state index is 0.672. The summed E-state index contributed by atoms with van der Waals surface area (Å²) in [5.41, 5.74) is 0. The molecule has 1 fully saturated rings. The number of likely N-dealkylation sites (tertiary alicyclic amines) is 1. The van der Waals surface area contributed by atoms with Crippen molar-refractivity contribution in [1.82, 2.24) is 15.1 Å². The lowest BCUT2D eigenvalue weighted by atomic mass is 9.90. The van der Waals surface area contributed by atoms with Crippen LogP contribution >= 0.6 is 0 Å². The summed E-state index contributed by atoms with van der Waals surface area (Å²) in [4.78, 5) is 4.88. The molecular formula is C16H35N3. The van der Waals surface area contributed by atoms with E-state index in [1.807, 2.05) is 0 Å². The van der Waals surface area contributed by atoms with E-state index in [-0.39, 0.29) is 0 Å². The van der Waals surface area contributed by atoms with Gasteiger partial charge in [0.05, 0.1) is 0 Å². The van der Waals surface area contributed by atoms with Crippen LogP contribution in [0.15, 0.2) is 0 Å². The maximum Gasteiger partial charge on any atom is 0.00679 e. The van der Waals surface area contributed by atoms with Crippen LogP contribution in [0.2, 0.25) is 0 Å². The molecule has 1 N–H and O–H groups in total. The molecule has 1 atom stereocenters. The molecule has 1 aliphatic heterocycles. The van der Waals surface area contributed by atoms with Crippen LogP contribution in [0.1, 0.15) is 46.5 Å². The number of rotatable bonds is 8. The van der Waals surface area contributed by atoms with Crippen molar-refractivity contribution < 1.29 is 0 Å². The summed E-state index contributed by atoms with van der Waals surface area (Å²) in [7, 11) is 4.46. The highest BCUT2D eigenvalue weighted by molar-refractivity contribution is 4.78. The second-order valence-electron chi connectivity index (χ2n) is 6.66. The second-order valence-corrected chi connectivity index (χ2v) is 6.66. The molecule has 3 nitrogen and oxygen atoms in total. The quantitative estimate of drug-likeness (QED) is 0.683. The van der Waals surface area contributed by atoms with Crippen LogP contribution in [0.3, 0.4) is 0 Å². The predicted molar refractivity (Wildman–Crippen MR) is 84.7 cm³/mol. The molecule has 0 aliphatic carbocycles. The first-order chi connectivity index (χ1) is 9.00. The number of hydrogen-bond acceptors (Lipinski definition) is 3. The van der Waals surface area contributed by atoms with Gasteiger partial charge in [0.1, 0.15) is 0 Å². The van der Waals surface area contributed by atoms with Crippen molar-refractivity contribution in [2.24, 2.45) is 5.92 Å². The van der Waals surface area contributed by atoms with Crippen LogP contribution in [0.4, 0.5) is 0 Å². The summed E-state index contributed by atoms with van der Waals surface area (Å²) in [6.07, 6.45) is 5.33. The highest BCUT2D eigenvalue weighted by atomic mass is 15.1. The predicted octanol–water partition coefficient (Wildman–Crippen LogP) is 2.43. The van der Waals surface area contributed by atoms with Crippen molar-refractivity contribution in [1.29, 1.82) is 0 Å². The molecule has 0 radical (unpaired) electrons. The molecule has 0 saturated carbocycles.